The molecule has 0 radical (unpaired) electrons. The molecule has 0 aliphatic rings. The van der Waals surface area contributed by atoms with Crippen LogP contribution in [0, 0.1) is 6.92 Å². The molecule has 0 aliphatic carbocycles. The van der Waals surface area contributed by atoms with Crippen molar-refractivity contribution in [2.45, 2.75) is 18.7 Å². The molecule has 0 saturated carbocycles. The molecule has 0 amide bonds. The summed E-state index contributed by atoms with van der Waals surface area (Å²) in [4.78, 5) is 0.171. The minimum atomic E-state index is -3.63. The summed E-state index contributed by atoms with van der Waals surface area (Å²) in [5, 5.41) is 0. The number of methoxy groups -OCH3 is 1. The molecule has 82 valence electrons. The SMILES string of the molecule is CO/C(C)=N\S(=O)(=O)c1ccc(C)cc1. The minimum absolute atomic E-state index is 0.121. The van der Waals surface area contributed by atoms with Gasteiger partial charge >= 0.3 is 0 Å². The van der Waals surface area contributed by atoms with Crippen molar-refractivity contribution < 1.29 is 13.2 Å². The van der Waals surface area contributed by atoms with Gasteiger partial charge in [-0.1, -0.05) is 17.7 Å². The second kappa shape index (κ2) is 4.44. The van der Waals surface area contributed by atoms with Crippen molar-refractivity contribution in [3.05, 3.63) is 29.8 Å². The first kappa shape index (κ1) is 11.7. The van der Waals surface area contributed by atoms with E-state index in [0.717, 1.165) is 5.56 Å². The molecule has 0 bridgehead atoms. The van der Waals surface area contributed by atoms with Crippen LogP contribution in [0.3, 0.4) is 0 Å². The number of rotatable bonds is 2. The van der Waals surface area contributed by atoms with Gasteiger partial charge in [0.15, 0.2) is 5.90 Å². The fourth-order valence-electron chi connectivity index (χ4n) is 0.969. The molecule has 1 rings (SSSR count). The Labute approximate surface area is 89.7 Å². The zero-order valence-electron chi connectivity index (χ0n) is 8.89. The van der Waals surface area contributed by atoms with Gasteiger partial charge in [0, 0.05) is 6.92 Å². The van der Waals surface area contributed by atoms with E-state index in [1.54, 1.807) is 12.1 Å². The van der Waals surface area contributed by atoms with Crippen LogP contribution in [0.15, 0.2) is 33.6 Å². The number of benzene rings is 1. The summed E-state index contributed by atoms with van der Waals surface area (Å²) in [5.74, 6) is 0.121. The Morgan fingerprint density at radius 3 is 2.27 bits per heavy atom. The van der Waals surface area contributed by atoms with E-state index in [2.05, 4.69) is 4.40 Å². The van der Waals surface area contributed by atoms with Crippen molar-refractivity contribution in [3.8, 4) is 0 Å². The van der Waals surface area contributed by atoms with E-state index in [9.17, 15) is 8.42 Å². The van der Waals surface area contributed by atoms with Gasteiger partial charge in [-0.2, -0.15) is 8.42 Å². The summed E-state index contributed by atoms with van der Waals surface area (Å²) in [6, 6.07) is 6.50. The molecule has 0 heterocycles. The van der Waals surface area contributed by atoms with Crippen molar-refractivity contribution >= 4 is 15.9 Å². The van der Waals surface area contributed by atoms with Crippen LogP contribution in [0.5, 0.6) is 0 Å². The summed E-state index contributed by atoms with van der Waals surface area (Å²) in [6.45, 7) is 3.38. The lowest BCUT2D eigenvalue weighted by atomic mass is 10.2. The van der Waals surface area contributed by atoms with Gasteiger partial charge in [0.1, 0.15) is 0 Å². The largest absolute Gasteiger partial charge is 0.484 e. The smallest absolute Gasteiger partial charge is 0.285 e. The second-order valence-electron chi connectivity index (χ2n) is 3.10. The van der Waals surface area contributed by atoms with Crippen molar-refractivity contribution in [2.75, 3.05) is 7.11 Å². The van der Waals surface area contributed by atoms with Crippen molar-refractivity contribution in [1.82, 2.24) is 0 Å². The van der Waals surface area contributed by atoms with E-state index < -0.39 is 10.0 Å². The van der Waals surface area contributed by atoms with Gasteiger partial charge in [-0.15, -0.1) is 4.40 Å². The van der Waals surface area contributed by atoms with Crippen LogP contribution >= 0.6 is 0 Å². The normalized spacial score (nSPS) is 12.6. The molecule has 1 aromatic carbocycles. The molecular formula is C10H13NO3S. The lowest BCUT2D eigenvalue weighted by Crippen LogP contribution is -2.03. The van der Waals surface area contributed by atoms with E-state index in [0.29, 0.717) is 0 Å². The first-order chi connectivity index (χ1) is 6.95. The Balaban J connectivity index is 3.13. The van der Waals surface area contributed by atoms with Crippen molar-refractivity contribution in [1.29, 1.82) is 0 Å². The molecule has 0 atom stereocenters. The van der Waals surface area contributed by atoms with Crippen LogP contribution in [-0.4, -0.2) is 21.4 Å². The summed E-state index contributed by atoms with van der Waals surface area (Å²) >= 11 is 0. The number of nitrogens with zero attached hydrogens (tertiary/aromatic N) is 1. The average Bonchev–Trinajstić information content (AvgIpc) is 2.17. The molecule has 1 aromatic rings. The average molecular weight is 227 g/mol. The first-order valence-electron chi connectivity index (χ1n) is 4.38. The molecule has 0 N–H and O–H groups in total. The highest BCUT2D eigenvalue weighted by Crippen LogP contribution is 2.13. The number of aryl methyl sites for hydroxylation is 1. The van der Waals surface area contributed by atoms with Gasteiger partial charge < -0.3 is 4.74 Å². The third-order valence-corrected chi connectivity index (χ3v) is 3.23. The van der Waals surface area contributed by atoms with Crippen molar-refractivity contribution in [3.63, 3.8) is 0 Å². The maximum absolute atomic E-state index is 11.6. The Morgan fingerprint density at radius 1 is 1.27 bits per heavy atom. The highest BCUT2D eigenvalue weighted by Gasteiger charge is 2.12. The maximum Gasteiger partial charge on any atom is 0.285 e. The van der Waals surface area contributed by atoms with Gasteiger partial charge in [-0.3, -0.25) is 0 Å². The third kappa shape index (κ3) is 3.06. The third-order valence-electron chi connectivity index (χ3n) is 1.86. The zero-order chi connectivity index (χ0) is 11.5. The van der Waals surface area contributed by atoms with Gasteiger partial charge in [-0.05, 0) is 19.1 Å². The highest BCUT2D eigenvalue weighted by molar-refractivity contribution is 7.90. The minimum Gasteiger partial charge on any atom is -0.484 e. The Kier molecular flexibility index (Phi) is 3.47. The van der Waals surface area contributed by atoms with Gasteiger partial charge in [0.05, 0.1) is 12.0 Å². The molecule has 5 heteroatoms. The highest BCUT2D eigenvalue weighted by atomic mass is 32.2. The molecule has 15 heavy (non-hydrogen) atoms. The lowest BCUT2D eigenvalue weighted by molar-refractivity contribution is 0.401. The Morgan fingerprint density at radius 2 is 1.80 bits per heavy atom. The molecule has 0 spiro atoms. The predicted octanol–water partition coefficient (Wildman–Crippen LogP) is 1.75. The molecular weight excluding hydrogens is 214 g/mol. The standard InChI is InChI=1S/C10H13NO3S/c1-8-4-6-10(7-5-8)15(12,13)11-9(2)14-3/h4-7H,1-3H3/b11-9-. The van der Waals surface area contributed by atoms with Crippen LogP contribution in [0.25, 0.3) is 0 Å². The maximum atomic E-state index is 11.6. The predicted molar refractivity (Wildman–Crippen MR) is 58.5 cm³/mol. The molecule has 0 fully saturated rings. The topological polar surface area (TPSA) is 55.7 Å². The quantitative estimate of drug-likeness (QED) is 0.571. The first-order valence-corrected chi connectivity index (χ1v) is 5.82. The van der Waals surface area contributed by atoms with E-state index in [4.69, 9.17) is 4.74 Å². The fraction of sp³-hybridized carbons (Fsp3) is 0.300. The van der Waals surface area contributed by atoms with E-state index >= 15 is 0 Å². The fourth-order valence-corrected chi connectivity index (χ4v) is 1.97. The van der Waals surface area contributed by atoms with Gasteiger partial charge in [-0.25, -0.2) is 0 Å². The van der Waals surface area contributed by atoms with Crippen LogP contribution in [0.1, 0.15) is 12.5 Å². The molecule has 0 saturated heterocycles. The van der Waals surface area contributed by atoms with E-state index in [1.165, 1.54) is 26.2 Å². The van der Waals surface area contributed by atoms with Gasteiger partial charge in [0.25, 0.3) is 10.0 Å². The van der Waals surface area contributed by atoms with Crippen LogP contribution in [0.4, 0.5) is 0 Å². The van der Waals surface area contributed by atoms with Crippen LogP contribution in [-0.2, 0) is 14.8 Å². The molecule has 4 nitrogen and oxygen atoms in total. The second-order valence-corrected chi connectivity index (χ2v) is 4.71. The number of hydrogen-bond donors (Lipinski definition) is 0. The Bertz CT molecular complexity index is 460. The summed E-state index contributed by atoms with van der Waals surface area (Å²) in [5.41, 5.74) is 1.00. The summed E-state index contributed by atoms with van der Waals surface area (Å²) in [7, 11) is -2.25. The van der Waals surface area contributed by atoms with E-state index in [1.807, 2.05) is 6.92 Å². The van der Waals surface area contributed by atoms with E-state index in [-0.39, 0.29) is 10.8 Å². The molecule has 0 aliphatic heterocycles. The molecule has 0 aromatic heterocycles. The van der Waals surface area contributed by atoms with Crippen molar-refractivity contribution in [2.24, 2.45) is 4.40 Å². The van der Waals surface area contributed by atoms with Gasteiger partial charge in [0.2, 0.25) is 0 Å². The Hall–Kier alpha value is -1.36. The molecule has 0 unspecified atom stereocenters. The number of sulfonamides is 1. The number of hydrogen-bond acceptors (Lipinski definition) is 3. The zero-order valence-corrected chi connectivity index (χ0v) is 9.71. The van der Waals surface area contributed by atoms with Crippen LogP contribution in [0.2, 0.25) is 0 Å². The lowest BCUT2D eigenvalue weighted by Gasteiger charge is -2.01. The summed E-state index contributed by atoms with van der Waals surface area (Å²) in [6.07, 6.45) is 0. The van der Waals surface area contributed by atoms with Crippen LogP contribution < -0.4 is 0 Å². The summed E-state index contributed by atoms with van der Waals surface area (Å²) < 4.78 is 31.5. The number of ether oxygens (including phenoxy) is 1. The monoisotopic (exact) mass is 227 g/mol.